The largest absolute Gasteiger partial charge is 0.456 e. The summed E-state index contributed by atoms with van der Waals surface area (Å²) in [6.45, 7) is 0. The molecule has 10 heterocycles. The van der Waals surface area contributed by atoms with Gasteiger partial charge in [0.15, 0.2) is 5.58 Å². The van der Waals surface area contributed by atoms with Crippen molar-refractivity contribution in [2.24, 2.45) is 0 Å². The monoisotopic (exact) mass is 1660 g/mol. The molecule has 0 bridgehead atoms. The molecule has 130 heavy (non-hydrogen) atoms. The van der Waals surface area contributed by atoms with Gasteiger partial charge in [0.1, 0.15) is 61.4 Å². The predicted octanol–water partition coefficient (Wildman–Crippen LogP) is 33.8. The molecule has 10 aromatic heterocycles. The first-order chi connectivity index (χ1) is 64.5. The van der Waals surface area contributed by atoms with Crippen molar-refractivity contribution in [3.63, 3.8) is 0 Å². The van der Waals surface area contributed by atoms with E-state index in [9.17, 15) is 0 Å². The van der Waals surface area contributed by atoms with Crippen LogP contribution in [0.25, 0.3) is 275 Å². The highest BCUT2D eigenvalue weighted by Gasteiger charge is 2.26. The zero-order chi connectivity index (χ0) is 84.9. The fourth-order valence-corrected chi connectivity index (χ4v) is 21.2. The number of aromatic nitrogens is 4. The molecular formula is C120H70N4O6. The topological polar surface area (TPSA) is 98.6 Å². The zero-order valence-electron chi connectivity index (χ0n) is 69.7. The third-order valence-electron chi connectivity index (χ3n) is 26.9. The van der Waals surface area contributed by atoms with E-state index in [1.165, 1.54) is 81.7 Å². The van der Waals surface area contributed by atoms with Gasteiger partial charge in [-0.25, -0.2) is 0 Å². The van der Waals surface area contributed by atoms with Crippen molar-refractivity contribution in [1.82, 2.24) is 18.3 Å². The van der Waals surface area contributed by atoms with Gasteiger partial charge in [-0.3, -0.25) is 0 Å². The minimum Gasteiger partial charge on any atom is -0.456 e. The molecule has 0 aliphatic rings. The summed E-state index contributed by atoms with van der Waals surface area (Å²) in [7, 11) is 0. The number of hydrogen-bond donors (Lipinski definition) is 0. The maximum Gasteiger partial charge on any atom is 0.159 e. The molecule has 0 spiro atoms. The van der Waals surface area contributed by atoms with Crippen LogP contribution in [0.5, 0.6) is 0 Å². The van der Waals surface area contributed by atoms with Gasteiger partial charge in [-0.15, -0.1) is 0 Å². The minimum atomic E-state index is 0.881. The van der Waals surface area contributed by atoms with Gasteiger partial charge in [0, 0.05) is 142 Å². The fraction of sp³-hybridized carbons (Fsp3) is 0. The number of fused-ring (bicyclic) bond motifs is 32. The van der Waals surface area contributed by atoms with Gasteiger partial charge in [-0.1, -0.05) is 267 Å². The Morgan fingerprint density at radius 2 is 0.462 bits per heavy atom. The molecule has 20 aromatic carbocycles. The molecule has 0 aliphatic heterocycles. The van der Waals surface area contributed by atoms with Crippen LogP contribution in [0.15, 0.2) is 451 Å². The van der Waals surface area contributed by atoms with E-state index in [4.69, 9.17) is 26.5 Å². The predicted molar refractivity (Wildman–Crippen MR) is 537 cm³/mol. The van der Waals surface area contributed by atoms with Gasteiger partial charge in [-0.2, -0.15) is 0 Å². The molecule has 10 nitrogen and oxygen atoms in total. The maximum absolute atomic E-state index is 6.47. The third-order valence-corrected chi connectivity index (χ3v) is 26.9. The third kappa shape index (κ3) is 10.7. The number of nitrogens with zero attached hydrogens (tertiary/aromatic N) is 4. The highest BCUT2D eigenvalue weighted by molar-refractivity contribution is 6.30. The Morgan fingerprint density at radius 1 is 0.138 bits per heavy atom. The first-order valence-electron chi connectivity index (χ1n) is 44.1. The number of furan rings is 6. The first-order valence-corrected chi connectivity index (χ1v) is 44.1. The van der Waals surface area contributed by atoms with Gasteiger partial charge in [0.2, 0.25) is 0 Å². The van der Waals surface area contributed by atoms with Crippen molar-refractivity contribution in [1.29, 1.82) is 0 Å². The van der Waals surface area contributed by atoms with E-state index in [1.807, 2.05) is 66.7 Å². The van der Waals surface area contributed by atoms with Crippen LogP contribution in [0.4, 0.5) is 0 Å². The van der Waals surface area contributed by atoms with Crippen LogP contribution < -0.4 is 0 Å². The molecule has 30 aromatic rings. The second-order valence-electron chi connectivity index (χ2n) is 33.9. The molecule has 0 saturated carbocycles. The molecule has 0 aliphatic carbocycles. The Kier molecular flexibility index (Phi) is 15.4. The van der Waals surface area contributed by atoms with E-state index in [0.717, 1.165) is 193 Å². The number of rotatable bonds is 7. The molecule has 0 N–H and O–H groups in total. The second-order valence-corrected chi connectivity index (χ2v) is 33.9. The zero-order valence-corrected chi connectivity index (χ0v) is 69.7. The van der Waals surface area contributed by atoms with Crippen LogP contribution in [0.1, 0.15) is 0 Å². The van der Waals surface area contributed by atoms with Crippen molar-refractivity contribution in [3.05, 3.63) is 425 Å². The number of para-hydroxylation sites is 13. The van der Waals surface area contributed by atoms with Crippen molar-refractivity contribution >= 4 is 219 Å². The van der Waals surface area contributed by atoms with Gasteiger partial charge in [-0.05, 0) is 174 Å². The average Bonchev–Trinajstić information content (AvgIpc) is 1.57. The van der Waals surface area contributed by atoms with E-state index in [-0.39, 0.29) is 0 Å². The normalized spacial score (nSPS) is 12.2. The van der Waals surface area contributed by atoms with Crippen LogP contribution in [-0.4, -0.2) is 18.3 Å². The van der Waals surface area contributed by atoms with Crippen LogP contribution in [0.3, 0.4) is 0 Å². The minimum absolute atomic E-state index is 0.881. The Labute approximate surface area is 739 Å². The Hall–Kier alpha value is -17.6. The van der Waals surface area contributed by atoms with E-state index < -0.39 is 0 Å². The van der Waals surface area contributed by atoms with Crippen LogP contribution in [0.2, 0.25) is 0 Å². The van der Waals surface area contributed by atoms with Crippen molar-refractivity contribution in [2.75, 3.05) is 0 Å². The lowest BCUT2D eigenvalue weighted by Crippen LogP contribution is -1.94. The summed E-state index contributed by atoms with van der Waals surface area (Å²) in [5.74, 6) is 0. The average molecular weight is 1660 g/mol. The smallest absolute Gasteiger partial charge is 0.159 e. The summed E-state index contributed by atoms with van der Waals surface area (Å²) >= 11 is 0. The fourth-order valence-electron chi connectivity index (χ4n) is 21.2. The molecule has 10 heteroatoms. The standard InChI is InChI=1S/C54H32N2O2.C36H21NO2.C30H17NO2/c1-2-11-36(12-3-1)55-47-18-7-4-13-39(47)43-29-34(23-27-48(43)55)35-24-28-49-44(30-35)45-31-46-41-15-6-8-19-51(41)57-53(46)32-50(45)56(49)37-25-21-33(22-26-37)38-16-10-17-42-40-14-5-9-20-52(40)58-54(38)42;1-4-13-29-27(9-1)34-30(20-21-33-35(34)28-10-3-6-15-32(28)38-33)37(29)23-18-16-22(17-19-23)24-11-7-12-26-25-8-2-5-14-31(25)39-36(24)26;1-4-12-22-20(9-1)28-23(16-17-27-29(28)21-10-3-6-15-26(21)32-27)31(22)24-13-7-11-19-18-8-2-5-14-25(18)33-30(19)24/h1-32H;1-21H;1-17H. The molecule has 606 valence electrons. The SMILES string of the molecule is c1ccc(-n2c3ccccc3c3cc(-c4ccc5c(c4)c4cc6c(cc4n5-c4ccc(-c5cccc7c5oc5ccccc57)cc4)oc4ccccc46)ccc32)cc1.c1ccc2c(c1)oc1c(-c3ccc(-n4c5ccccc5c5c6c(ccc54)oc4ccccc46)cc3)cccc12.c1ccc2c(c1)oc1c(-n3c4ccccc4c4c5c(ccc43)oc3ccccc35)cccc12. The van der Waals surface area contributed by atoms with Crippen molar-refractivity contribution < 1.29 is 26.5 Å². The molecule has 0 atom stereocenters. The lowest BCUT2D eigenvalue weighted by molar-refractivity contribution is 0.666. The molecule has 30 rings (SSSR count). The summed E-state index contributed by atoms with van der Waals surface area (Å²) in [5, 5.41) is 23.4. The highest BCUT2D eigenvalue weighted by Crippen LogP contribution is 2.49. The van der Waals surface area contributed by atoms with E-state index in [2.05, 4.69) is 376 Å². The van der Waals surface area contributed by atoms with Gasteiger partial charge in [0.05, 0.1) is 49.8 Å². The van der Waals surface area contributed by atoms with Crippen molar-refractivity contribution in [3.8, 4) is 56.1 Å². The number of hydrogen-bond acceptors (Lipinski definition) is 6. The Balaban J connectivity index is 0.000000103. The summed E-state index contributed by atoms with van der Waals surface area (Å²) in [6, 6.07) is 150. The van der Waals surface area contributed by atoms with Gasteiger partial charge in [0.25, 0.3) is 0 Å². The van der Waals surface area contributed by atoms with Crippen LogP contribution >= 0.6 is 0 Å². The highest BCUT2D eigenvalue weighted by atomic mass is 16.3. The van der Waals surface area contributed by atoms with E-state index in [1.54, 1.807) is 0 Å². The first kappa shape index (κ1) is 71.8. The summed E-state index contributed by atoms with van der Waals surface area (Å²) in [5.41, 5.74) is 31.4. The van der Waals surface area contributed by atoms with E-state index in [0.29, 0.717) is 0 Å². The Morgan fingerprint density at radius 3 is 0.977 bits per heavy atom. The molecular weight excluding hydrogens is 1590 g/mol. The lowest BCUT2D eigenvalue weighted by atomic mass is 10.00. The quantitative estimate of drug-likeness (QED) is 0.158. The van der Waals surface area contributed by atoms with Gasteiger partial charge >= 0.3 is 0 Å². The molecule has 0 unspecified atom stereocenters. The maximum atomic E-state index is 6.47. The second kappa shape index (κ2) is 28.0. The molecule has 0 saturated heterocycles. The van der Waals surface area contributed by atoms with Crippen LogP contribution in [0, 0.1) is 0 Å². The van der Waals surface area contributed by atoms with Gasteiger partial charge < -0.3 is 44.8 Å². The number of benzene rings is 20. The van der Waals surface area contributed by atoms with Crippen LogP contribution in [-0.2, 0) is 0 Å². The molecule has 0 amide bonds. The molecule has 0 radical (unpaired) electrons. The summed E-state index contributed by atoms with van der Waals surface area (Å²) in [6.07, 6.45) is 0. The molecule has 0 fully saturated rings. The Bertz CT molecular complexity index is 9970. The van der Waals surface area contributed by atoms with E-state index >= 15 is 0 Å². The van der Waals surface area contributed by atoms with Crippen molar-refractivity contribution in [2.45, 2.75) is 0 Å². The summed E-state index contributed by atoms with van der Waals surface area (Å²) in [4.78, 5) is 0. The summed E-state index contributed by atoms with van der Waals surface area (Å²) < 4.78 is 47.5. The lowest BCUT2D eigenvalue weighted by Gasteiger charge is -2.10.